The minimum atomic E-state index is 0.562. The van der Waals surface area contributed by atoms with E-state index < -0.39 is 0 Å². The van der Waals surface area contributed by atoms with Crippen molar-refractivity contribution in [2.24, 2.45) is 11.8 Å². The minimum Gasteiger partial charge on any atom is -0.0767 e. The second-order valence-corrected chi connectivity index (χ2v) is 4.61. The Hall–Kier alpha value is -1.82. The molecular formula is C16H12. The van der Waals surface area contributed by atoms with Crippen LogP contribution in [0.5, 0.6) is 0 Å². The van der Waals surface area contributed by atoms with Crippen molar-refractivity contribution in [3.63, 3.8) is 0 Å². The van der Waals surface area contributed by atoms with E-state index >= 15 is 0 Å². The molecule has 0 heteroatoms. The van der Waals surface area contributed by atoms with Gasteiger partial charge in [0.25, 0.3) is 0 Å². The molecule has 3 aliphatic carbocycles. The normalized spacial score (nSPS) is 28.2. The highest BCUT2D eigenvalue weighted by atomic mass is 14.4. The summed E-state index contributed by atoms with van der Waals surface area (Å²) in [5.74, 6) is 1.14. The lowest BCUT2D eigenvalue weighted by atomic mass is 9.78. The van der Waals surface area contributed by atoms with Crippen LogP contribution in [0.25, 0.3) is 11.1 Å². The van der Waals surface area contributed by atoms with Gasteiger partial charge in [0.05, 0.1) is 0 Å². The van der Waals surface area contributed by atoms with Crippen LogP contribution in [-0.4, -0.2) is 0 Å². The molecule has 4 rings (SSSR count). The van der Waals surface area contributed by atoms with Crippen molar-refractivity contribution in [3.05, 3.63) is 71.8 Å². The lowest BCUT2D eigenvalue weighted by Crippen LogP contribution is -2.13. The van der Waals surface area contributed by atoms with E-state index in [1.807, 2.05) is 0 Å². The molecule has 0 spiro atoms. The van der Waals surface area contributed by atoms with Crippen LogP contribution in [-0.2, 0) is 0 Å². The molecule has 0 heterocycles. The quantitative estimate of drug-likeness (QED) is 0.602. The van der Waals surface area contributed by atoms with Gasteiger partial charge in [0.2, 0.25) is 0 Å². The summed E-state index contributed by atoms with van der Waals surface area (Å²) in [7, 11) is 0. The molecule has 0 aliphatic heterocycles. The molecule has 0 bridgehead atoms. The van der Waals surface area contributed by atoms with Crippen molar-refractivity contribution >= 4 is 11.1 Å². The summed E-state index contributed by atoms with van der Waals surface area (Å²) < 4.78 is 0. The van der Waals surface area contributed by atoms with Gasteiger partial charge in [0.15, 0.2) is 0 Å². The zero-order chi connectivity index (χ0) is 10.5. The third kappa shape index (κ3) is 0.898. The van der Waals surface area contributed by atoms with E-state index in [9.17, 15) is 0 Å². The zero-order valence-corrected chi connectivity index (χ0v) is 8.93. The Bertz CT molecular complexity index is 531. The fourth-order valence-electron chi connectivity index (χ4n) is 3.15. The van der Waals surface area contributed by atoms with Gasteiger partial charge in [0, 0.05) is 11.8 Å². The Labute approximate surface area is 95.3 Å². The van der Waals surface area contributed by atoms with Gasteiger partial charge in [-0.2, -0.15) is 0 Å². The molecule has 0 nitrogen and oxygen atoms in total. The van der Waals surface area contributed by atoms with Crippen LogP contribution < -0.4 is 0 Å². The summed E-state index contributed by atoms with van der Waals surface area (Å²) in [6.07, 6.45) is 13.6. The Morgan fingerprint density at radius 3 is 1.88 bits per heavy atom. The monoisotopic (exact) mass is 204 g/mol. The van der Waals surface area contributed by atoms with Crippen LogP contribution in [0, 0.1) is 11.8 Å². The Balaban J connectivity index is 2.07. The summed E-state index contributed by atoms with van der Waals surface area (Å²) in [4.78, 5) is 0. The maximum absolute atomic E-state index is 2.31. The number of hydrogen-bond donors (Lipinski definition) is 0. The number of benzene rings is 1. The first-order valence-corrected chi connectivity index (χ1v) is 5.82. The lowest BCUT2D eigenvalue weighted by Gasteiger charge is -2.25. The van der Waals surface area contributed by atoms with Gasteiger partial charge in [-0.25, -0.2) is 0 Å². The van der Waals surface area contributed by atoms with E-state index in [1.54, 1.807) is 0 Å². The average molecular weight is 204 g/mol. The molecule has 1 aromatic carbocycles. The van der Waals surface area contributed by atoms with E-state index in [0.29, 0.717) is 11.8 Å². The lowest BCUT2D eigenvalue weighted by molar-refractivity contribution is 0.707. The van der Waals surface area contributed by atoms with E-state index in [4.69, 9.17) is 0 Å². The van der Waals surface area contributed by atoms with E-state index in [0.717, 1.165) is 0 Å². The third-order valence-corrected chi connectivity index (χ3v) is 3.82. The predicted molar refractivity (Wildman–Crippen MR) is 67.7 cm³/mol. The molecule has 0 unspecified atom stereocenters. The molecule has 16 heavy (non-hydrogen) atoms. The molecule has 0 atom stereocenters. The maximum atomic E-state index is 2.31. The van der Waals surface area contributed by atoms with Crippen molar-refractivity contribution < 1.29 is 0 Å². The van der Waals surface area contributed by atoms with Gasteiger partial charge < -0.3 is 0 Å². The van der Waals surface area contributed by atoms with Crippen molar-refractivity contribution in [1.82, 2.24) is 0 Å². The van der Waals surface area contributed by atoms with Crippen LogP contribution >= 0.6 is 0 Å². The van der Waals surface area contributed by atoms with Gasteiger partial charge in [-0.05, 0) is 22.3 Å². The molecule has 1 aromatic rings. The Morgan fingerprint density at radius 2 is 1.31 bits per heavy atom. The van der Waals surface area contributed by atoms with Crippen LogP contribution in [0.3, 0.4) is 0 Å². The first-order chi connectivity index (χ1) is 7.95. The number of allylic oxidation sites excluding steroid dienone is 8. The van der Waals surface area contributed by atoms with Crippen LogP contribution in [0.4, 0.5) is 0 Å². The van der Waals surface area contributed by atoms with Crippen molar-refractivity contribution in [2.75, 3.05) is 0 Å². The molecule has 0 saturated carbocycles. The van der Waals surface area contributed by atoms with Crippen molar-refractivity contribution in [2.45, 2.75) is 0 Å². The molecule has 0 aromatic heterocycles. The highest BCUT2D eigenvalue weighted by Crippen LogP contribution is 2.52. The fourth-order valence-corrected chi connectivity index (χ4v) is 3.15. The first kappa shape index (κ1) is 8.35. The van der Waals surface area contributed by atoms with E-state index in [1.165, 1.54) is 22.3 Å². The molecule has 0 N–H and O–H groups in total. The zero-order valence-electron chi connectivity index (χ0n) is 8.93. The standard InChI is InChI=1S/C16H12/c1-2-8-13-12(7-1)14-9-3-5-11-6-4-10-15(13)16(11)14/h1-11,16H. The summed E-state index contributed by atoms with van der Waals surface area (Å²) in [5.41, 5.74) is 5.85. The van der Waals surface area contributed by atoms with Crippen LogP contribution in [0.15, 0.2) is 60.7 Å². The number of fused-ring (bicyclic) bond motifs is 3. The first-order valence-electron chi connectivity index (χ1n) is 5.82. The summed E-state index contributed by atoms with van der Waals surface area (Å²) in [6, 6.07) is 8.77. The summed E-state index contributed by atoms with van der Waals surface area (Å²) in [6.45, 7) is 0. The topological polar surface area (TPSA) is 0 Å². The molecule has 0 amide bonds. The smallest absolute Gasteiger partial charge is 0.0199 e. The molecule has 76 valence electrons. The van der Waals surface area contributed by atoms with E-state index in [2.05, 4.69) is 60.7 Å². The summed E-state index contributed by atoms with van der Waals surface area (Å²) >= 11 is 0. The fraction of sp³-hybridized carbons (Fsp3) is 0.125. The van der Waals surface area contributed by atoms with Gasteiger partial charge in [-0.15, -0.1) is 0 Å². The van der Waals surface area contributed by atoms with Crippen LogP contribution in [0.2, 0.25) is 0 Å². The largest absolute Gasteiger partial charge is 0.0767 e. The molecule has 0 saturated heterocycles. The van der Waals surface area contributed by atoms with Gasteiger partial charge >= 0.3 is 0 Å². The molecular weight excluding hydrogens is 192 g/mol. The van der Waals surface area contributed by atoms with Crippen LogP contribution in [0.1, 0.15) is 11.1 Å². The van der Waals surface area contributed by atoms with E-state index in [-0.39, 0.29) is 0 Å². The number of rotatable bonds is 0. The van der Waals surface area contributed by atoms with Gasteiger partial charge in [0.1, 0.15) is 0 Å². The predicted octanol–water partition coefficient (Wildman–Crippen LogP) is 3.84. The third-order valence-electron chi connectivity index (χ3n) is 3.82. The molecule has 0 fully saturated rings. The maximum Gasteiger partial charge on any atom is 0.0199 e. The average Bonchev–Trinajstić information content (AvgIpc) is 2.68. The highest BCUT2D eigenvalue weighted by Gasteiger charge is 2.36. The second kappa shape index (κ2) is 2.85. The highest BCUT2D eigenvalue weighted by molar-refractivity contribution is 5.97. The van der Waals surface area contributed by atoms with Gasteiger partial charge in [-0.3, -0.25) is 0 Å². The van der Waals surface area contributed by atoms with Crippen molar-refractivity contribution in [3.8, 4) is 0 Å². The second-order valence-electron chi connectivity index (χ2n) is 4.61. The Kier molecular flexibility index (Phi) is 1.49. The van der Waals surface area contributed by atoms with Crippen molar-refractivity contribution in [1.29, 1.82) is 0 Å². The minimum absolute atomic E-state index is 0.562. The Morgan fingerprint density at radius 1 is 0.750 bits per heavy atom. The van der Waals surface area contributed by atoms with Gasteiger partial charge in [-0.1, -0.05) is 60.7 Å². The molecule has 3 aliphatic rings. The SMILES string of the molecule is C1=CC2C=CC=C3c4ccccc4C(=C1)C32. The molecule has 0 radical (unpaired) electrons. The number of hydrogen-bond acceptors (Lipinski definition) is 0. The summed E-state index contributed by atoms with van der Waals surface area (Å²) in [5, 5.41) is 0.